The summed E-state index contributed by atoms with van der Waals surface area (Å²) in [5.41, 5.74) is -0.306. The van der Waals surface area contributed by atoms with E-state index in [0.717, 1.165) is 19.3 Å². The van der Waals surface area contributed by atoms with Gasteiger partial charge >= 0.3 is 11.9 Å². The minimum absolute atomic E-state index is 0.0451. The molecule has 0 radical (unpaired) electrons. The highest BCUT2D eigenvalue weighted by molar-refractivity contribution is 5.66. The second-order valence-corrected chi connectivity index (χ2v) is 7.66. The van der Waals surface area contributed by atoms with E-state index < -0.39 is 11.9 Å². The van der Waals surface area contributed by atoms with Gasteiger partial charge in [-0.25, -0.2) is 0 Å². The molecule has 0 saturated heterocycles. The summed E-state index contributed by atoms with van der Waals surface area (Å²) in [7, 11) is 0. The lowest BCUT2D eigenvalue weighted by Gasteiger charge is -2.16. The standard InChI is InChI=1S/C9H16O4.C6H12.C5H12O2/c10-8(11)6-4-2-1-3-5-7-9(12)13;1-2-4-6-5-3-1;1-5(2,3-6)4-7/h1-7H2,(H,10,11)(H,12,13);1-6H2;6-7H,3-4H2,1-2H3. The monoisotopic (exact) mass is 376 g/mol. The van der Waals surface area contributed by atoms with E-state index in [9.17, 15) is 9.59 Å². The van der Waals surface area contributed by atoms with E-state index in [2.05, 4.69) is 0 Å². The van der Waals surface area contributed by atoms with Crippen molar-refractivity contribution in [1.82, 2.24) is 0 Å². The predicted molar refractivity (Wildman–Crippen MR) is 103 cm³/mol. The van der Waals surface area contributed by atoms with Gasteiger partial charge in [-0.3, -0.25) is 9.59 Å². The lowest BCUT2D eigenvalue weighted by atomic mass is 9.97. The van der Waals surface area contributed by atoms with Crippen molar-refractivity contribution in [2.45, 2.75) is 97.3 Å². The maximum Gasteiger partial charge on any atom is 0.303 e. The Labute approximate surface area is 158 Å². The normalized spacial score (nSPS) is 13.7. The summed E-state index contributed by atoms with van der Waals surface area (Å²) >= 11 is 0. The van der Waals surface area contributed by atoms with Crippen molar-refractivity contribution in [2.24, 2.45) is 5.41 Å². The van der Waals surface area contributed by atoms with Crippen LogP contribution in [0.15, 0.2) is 0 Å². The molecule has 156 valence electrons. The van der Waals surface area contributed by atoms with Crippen LogP contribution in [0.25, 0.3) is 0 Å². The van der Waals surface area contributed by atoms with Crippen LogP contribution in [0.5, 0.6) is 0 Å². The molecule has 1 aliphatic carbocycles. The van der Waals surface area contributed by atoms with E-state index in [1.165, 1.54) is 38.5 Å². The van der Waals surface area contributed by atoms with Gasteiger partial charge < -0.3 is 20.4 Å². The van der Waals surface area contributed by atoms with E-state index >= 15 is 0 Å². The fourth-order valence-electron chi connectivity index (χ4n) is 2.19. The van der Waals surface area contributed by atoms with Gasteiger partial charge in [0, 0.05) is 18.3 Å². The molecule has 0 aliphatic heterocycles. The van der Waals surface area contributed by atoms with Crippen molar-refractivity contribution < 1.29 is 30.0 Å². The van der Waals surface area contributed by atoms with Crippen molar-refractivity contribution in [3.63, 3.8) is 0 Å². The fraction of sp³-hybridized carbons (Fsp3) is 0.900. The minimum atomic E-state index is -0.759. The van der Waals surface area contributed by atoms with Crippen LogP contribution in [0.3, 0.4) is 0 Å². The second-order valence-electron chi connectivity index (χ2n) is 7.66. The highest BCUT2D eigenvalue weighted by atomic mass is 16.4. The summed E-state index contributed by atoms with van der Waals surface area (Å²) in [5, 5.41) is 33.5. The Morgan fingerprint density at radius 1 is 0.654 bits per heavy atom. The van der Waals surface area contributed by atoms with Crippen molar-refractivity contribution in [3.05, 3.63) is 0 Å². The highest BCUT2D eigenvalue weighted by Crippen LogP contribution is 2.15. The van der Waals surface area contributed by atoms with Gasteiger partial charge in [-0.2, -0.15) is 0 Å². The van der Waals surface area contributed by atoms with Crippen LogP contribution in [-0.4, -0.2) is 45.6 Å². The molecular formula is C20H40O6. The average molecular weight is 377 g/mol. The van der Waals surface area contributed by atoms with Crippen molar-refractivity contribution >= 4 is 11.9 Å². The summed E-state index contributed by atoms with van der Waals surface area (Å²) < 4.78 is 0. The molecule has 0 aromatic heterocycles. The van der Waals surface area contributed by atoms with Crippen LogP contribution < -0.4 is 0 Å². The molecule has 1 rings (SSSR count). The van der Waals surface area contributed by atoms with Crippen LogP contribution in [-0.2, 0) is 9.59 Å². The van der Waals surface area contributed by atoms with E-state index in [4.69, 9.17) is 20.4 Å². The Kier molecular flexibility index (Phi) is 19.4. The van der Waals surface area contributed by atoms with Gasteiger partial charge in [-0.05, 0) is 12.8 Å². The predicted octanol–water partition coefficient (Wildman–Crippen LogP) is 4.22. The Morgan fingerprint density at radius 2 is 0.923 bits per heavy atom. The third-order valence-corrected chi connectivity index (χ3v) is 4.14. The van der Waals surface area contributed by atoms with Crippen molar-refractivity contribution in [1.29, 1.82) is 0 Å². The summed E-state index contributed by atoms with van der Waals surface area (Å²) in [4.78, 5) is 20.2. The summed E-state index contributed by atoms with van der Waals surface area (Å²) in [6, 6.07) is 0. The third kappa shape index (κ3) is 25.1. The molecule has 0 amide bonds. The van der Waals surface area contributed by atoms with Gasteiger partial charge in [0.2, 0.25) is 0 Å². The van der Waals surface area contributed by atoms with Gasteiger partial charge in [0.1, 0.15) is 0 Å². The molecule has 0 unspecified atom stereocenters. The molecule has 0 heterocycles. The first-order valence-corrected chi connectivity index (χ1v) is 9.90. The molecule has 4 N–H and O–H groups in total. The molecule has 1 aliphatic rings. The molecule has 0 spiro atoms. The zero-order valence-corrected chi connectivity index (χ0v) is 16.7. The summed E-state index contributed by atoms with van der Waals surface area (Å²) in [6.07, 6.45) is 13.5. The number of unbranched alkanes of at least 4 members (excludes halogenated alkanes) is 4. The highest BCUT2D eigenvalue weighted by Gasteiger charge is 2.13. The average Bonchev–Trinajstić information content (AvgIpc) is 2.63. The maximum absolute atomic E-state index is 10.1. The Bertz CT molecular complexity index is 302. The smallest absolute Gasteiger partial charge is 0.303 e. The first-order valence-electron chi connectivity index (χ1n) is 9.90. The molecule has 1 fully saturated rings. The number of rotatable bonds is 10. The Hall–Kier alpha value is -1.14. The van der Waals surface area contributed by atoms with Gasteiger partial charge in [-0.15, -0.1) is 0 Å². The van der Waals surface area contributed by atoms with Crippen LogP contribution >= 0.6 is 0 Å². The fourth-order valence-corrected chi connectivity index (χ4v) is 2.19. The molecule has 0 aromatic carbocycles. The SMILES string of the molecule is C1CCCCC1.CC(C)(CO)CO.O=C(O)CCCCCCCC(=O)O. The lowest BCUT2D eigenvalue weighted by Crippen LogP contribution is -2.20. The number of hydrogen-bond acceptors (Lipinski definition) is 4. The van der Waals surface area contributed by atoms with Gasteiger partial charge in [0.15, 0.2) is 0 Å². The number of aliphatic carboxylic acids is 2. The molecule has 1 saturated carbocycles. The van der Waals surface area contributed by atoms with E-state index in [1.807, 2.05) is 0 Å². The van der Waals surface area contributed by atoms with Crippen LogP contribution in [0.2, 0.25) is 0 Å². The Morgan fingerprint density at radius 3 is 1.12 bits per heavy atom. The minimum Gasteiger partial charge on any atom is -0.481 e. The quantitative estimate of drug-likeness (QED) is 0.424. The molecule has 0 aromatic rings. The zero-order valence-electron chi connectivity index (χ0n) is 16.7. The second kappa shape index (κ2) is 18.6. The van der Waals surface area contributed by atoms with E-state index in [0.29, 0.717) is 12.8 Å². The first-order chi connectivity index (χ1) is 12.2. The van der Waals surface area contributed by atoms with Crippen molar-refractivity contribution in [3.8, 4) is 0 Å². The van der Waals surface area contributed by atoms with Crippen molar-refractivity contribution in [2.75, 3.05) is 13.2 Å². The summed E-state index contributed by atoms with van der Waals surface area (Å²) in [6.45, 7) is 3.69. The number of hydrogen-bond donors (Lipinski definition) is 4. The number of carbonyl (C=O) groups is 2. The first kappa shape index (κ1) is 27.1. The topological polar surface area (TPSA) is 115 Å². The van der Waals surface area contributed by atoms with Gasteiger partial charge in [-0.1, -0.05) is 71.6 Å². The third-order valence-electron chi connectivity index (χ3n) is 4.14. The number of carboxylic acid groups (broad SMARTS) is 2. The van der Waals surface area contributed by atoms with E-state index in [1.54, 1.807) is 13.8 Å². The Balaban J connectivity index is 0. The van der Waals surface area contributed by atoms with E-state index in [-0.39, 0.29) is 31.5 Å². The van der Waals surface area contributed by atoms with Crippen LogP contribution in [0.4, 0.5) is 0 Å². The number of aliphatic hydroxyl groups excluding tert-OH is 2. The lowest BCUT2D eigenvalue weighted by molar-refractivity contribution is -0.138. The molecule has 0 atom stereocenters. The largest absolute Gasteiger partial charge is 0.481 e. The maximum atomic E-state index is 10.1. The molecule has 0 bridgehead atoms. The van der Waals surface area contributed by atoms with Gasteiger partial charge in [0.05, 0.1) is 13.2 Å². The molecule has 6 nitrogen and oxygen atoms in total. The summed E-state index contributed by atoms with van der Waals surface area (Å²) in [5.74, 6) is -1.52. The molecule has 6 heteroatoms. The molecular weight excluding hydrogens is 336 g/mol. The number of aliphatic hydroxyl groups is 2. The van der Waals surface area contributed by atoms with Crippen LogP contribution in [0, 0.1) is 5.41 Å². The zero-order chi connectivity index (χ0) is 20.3. The molecule has 26 heavy (non-hydrogen) atoms. The van der Waals surface area contributed by atoms with Gasteiger partial charge in [0.25, 0.3) is 0 Å². The van der Waals surface area contributed by atoms with Crippen LogP contribution in [0.1, 0.15) is 97.3 Å². The number of carboxylic acids is 2.